The number of aromatic nitrogens is 1. The maximum atomic E-state index is 13.1. The predicted octanol–water partition coefficient (Wildman–Crippen LogP) is 3.52. The third-order valence-corrected chi connectivity index (χ3v) is 6.93. The molecule has 0 spiro atoms. The number of benzene rings is 2. The average molecular weight is 503 g/mol. The van der Waals surface area contributed by atoms with E-state index in [-0.39, 0.29) is 17.5 Å². The summed E-state index contributed by atoms with van der Waals surface area (Å²) in [5.41, 5.74) is 10.2. The number of nitrogens with zero attached hydrogens (tertiary/aromatic N) is 3. The highest BCUT2D eigenvalue weighted by Gasteiger charge is 2.30. The molecular formula is C28H34N6O3. The minimum absolute atomic E-state index is 0.197. The number of para-hydroxylation sites is 1. The van der Waals surface area contributed by atoms with E-state index in [0.717, 1.165) is 44.7 Å². The normalized spacial score (nSPS) is 15.5. The van der Waals surface area contributed by atoms with Gasteiger partial charge >= 0.3 is 0 Å². The molecule has 5 rings (SSSR count). The number of hydrogen-bond donors (Lipinski definition) is 3. The van der Waals surface area contributed by atoms with Gasteiger partial charge in [-0.15, -0.1) is 0 Å². The summed E-state index contributed by atoms with van der Waals surface area (Å²) in [4.78, 5) is 34.8. The predicted molar refractivity (Wildman–Crippen MR) is 144 cm³/mol. The molecule has 1 aliphatic heterocycles. The molecule has 9 heteroatoms. The molecule has 4 N–H and O–H groups in total. The number of rotatable bonds is 9. The topological polar surface area (TPSA) is 117 Å². The fraction of sp³-hybridized carbons (Fsp3) is 0.393. The van der Waals surface area contributed by atoms with Crippen LogP contribution in [0.15, 0.2) is 53.1 Å². The Morgan fingerprint density at radius 2 is 1.76 bits per heavy atom. The molecule has 1 saturated carbocycles. The van der Waals surface area contributed by atoms with Crippen LogP contribution in [0.2, 0.25) is 0 Å². The van der Waals surface area contributed by atoms with E-state index in [0.29, 0.717) is 42.6 Å². The molecule has 37 heavy (non-hydrogen) atoms. The molecule has 0 atom stereocenters. The van der Waals surface area contributed by atoms with Gasteiger partial charge in [-0.25, -0.2) is 4.98 Å². The van der Waals surface area contributed by atoms with Gasteiger partial charge in [0.2, 0.25) is 0 Å². The summed E-state index contributed by atoms with van der Waals surface area (Å²) in [6, 6.07) is 13.9. The number of aryl methyl sites for hydroxylation is 1. The van der Waals surface area contributed by atoms with Crippen molar-refractivity contribution >= 4 is 28.9 Å². The van der Waals surface area contributed by atoms with Crippen LogP contribution in [0.4, 0.5) is 17.1 Å². The summed E-state index contributed by atoms with van der Waals surface area (Å²) in [7, 11) is 0. The van der Waals surface area contributed by atoms with E-state index >= 15 is 0 Å². The van der Waals surface area contributed by atoms with Crippen LogP contribution < -0.4 is 26.2 Å². The van der Waals surface area contributed by atoms with Gasteiger partial charge in [-0.1, -0.05) is 18.2 Å². The molecule has 2 fully saturated rings. The quantitative estimate of drug-likeness (QED) is 0.383. The Labute approximate surface area is 217 Å². The molecule has 2 aromatic carbocycles. The van der Waals surface area contributed by atoms with E-state index in [1.165, 1.54) is 17.5 Å². The molecule has 3 aromatic rings. The fourth-order valence-corrected chi connectivity index (χ4v) is 4.66. The summed E-state index contributed by atoms with van der Waals surface area (Å²) in [6.07, 6.45) is 4.20. The standard InChI is InChI=1S/C28H34N6O3/c1-19-5-2-3-6-24(19)33-13-15-34(16-14-33)25-10-9-21(26(35)30-12-4-11-29)17-22(25)31-27(36)23-18-37-28(32-23)20-7-8-20/h2-3,5-6,9-10,17-18,20H,4,7-8,11-16,29H2,1H3,(H,30,35)(H,31,36). The van der Waals surface area contributed by atoms with Crippen LogP contribution in [0.1, 0.15) is 57.5 Å². The van der Waals surface area contributed by atoms with Crippen molar-refractivity contribution in [1.29, 1.82) is 0 Å². The molecule has 1 aliphatic carbocycles. The minimum Gasteiger partial charge on any atom is -0.448 e. The molecule has 0 radical (unpaired) electrons. The first-order valence-corrected chi connectivity index (χ1v) is 13.0. The average Bonchev–Trinajstić information content (AvgIpc) is 3.65. The molecule has 1 aromatic heterocycles. The van der Waals surface area contributed by atoms with Gasteiger partial charge in [0.1, 0.15) is 6.26 Å². The molecule has 0 bridgehead atoms. The van der Waals surface area contributed by atoms with Crippen molar-refractivity contribution in [3.05, 3.63) is 71.4 Å². The van der Waals surface area contributed by atoms with Crippen LogP contribution in [-0.2, 0) is 0 Å². The first-order chi connectivity index (χ1) is 18.0. The summed E-state index contributed by atoms with van der Waals surface area (Å²) in [5.74, 6) is 0.390. The summed E-state index contributed by atoms with van der Waals surface area (Å²) in [5, 5.41) is 5.88. The number of nitrogens with two attached hydrogens (primary N) is 1. The maximum absolute atomic E-state index is 13.1. The molecule has 2 amide bonds. The number of carbonyl (C=O) groups excluding carboxylic acids is 2. The Bertz CT molecular complexity index is 1260. The molecule has 2 aliphatic rings. The minimum atomic E-state index is -0.351. The molecule has 9 nitrogen and oxygen atoms in total. The van der Waals surface area contributed by atoms with Crippen LogP contribution in [0.5, 0.6) is 0 Å². The van der Waals surface area contributed by atoms with Crippen LogP contribution in [-0.4, -0.2) is 56.1 Å². The van der Waals surface area contributed by atoms with Crippen molar-refractivity contribution in [2.45, 2.75) is 32.1 Å². The largest absolute Gasteiger partial charge is 0.448 e. The van der Waals surface area contributed by atoms with Crippen LogP contribution in [0.3, 0.4) is 0 Å². The number of hydrogen-bond acceptors (Lipinski definition) is 7. The number of anilines is 3. The van der Waals surface area contributed by atoms with Gasteiger partial charge in [0.15, 0.2) is 11.6 Å². The van der Waals surface area contributed by atoms with E-state index in [1.807, 2.05) is 6.07 Å². The van der Waals surface area contributed by atoms with Crippen LogP contribution in [0.25, 0.3) is 0 Å². The Balaban J connectivity index is 1.35. The van der Waals surface area contributed by atoms with E-state index in [2.05, 4.69) is 56.6 Å². The molecule has 0 unspecified atom stereocenters. The molecule has 2 heterocycles. The number of amides is 2. The summed E-state index contributed by atoms with van der Waals surface area (Å²) < 4.78 is 5.51. The zero-order valence-corrected chi connectivity index (χ0v) is 21.2. The van der Waals surface area contributed by atoms with Crippen LogP contribution >= 0.6 is 0 Å². The fourth-order valence-electron chi connectivity index (χ4n) is 4.66. The van der Waals surface area contributed by atoms with Gasteiger partial charge in [-0.3, -0.25) is 9.59 Å². The lowest BCUT2D eigenvalue weighted by molar-refractivity contribution is 0.0952. The van der Waals surface area contributed by atoms with Crippen molar-refractivity contribution in [3.8, 4) is 0 Å². The molecule has 1 saturated heterocycles. The van der Waals surface area contributed by atoms with Gasteiger partial charge in [0.25, 0.3) is 11.8 Å². The highest BCUT2D eigenvalue weighted by atomic mass is 16.3. The van der Waals surface area contributed by atoms with Crippen molar-refractivity contribution in [2.24, 2.45) is 5.73 Å². The first kappa shape index (κ1) is 24.8. The lowest BCUT2D eigenvalue weighted by atomic mass is 10.1. The second-order valence-corrected chi connectivity index (χ2v) is 9.69. The first-order valence-electron chi connectivity index (χ1n) is 13.0. The Morgan fingerprint density at radius 1 is 1.03 bits per heavy atom. The van der Waals surface area contributed by atoms with E-state index in [4.69, 9.17) is 10.2 Å². The van der Waals surface area contributed by atoms with Gasteiger partial charge in [0.05, 0.1) is 11.4 Å². The van der Waals surface area contributed by atoms with E-state index in [1.54, 1.807) is 12.1 Å². The number of piperazine rings is 1. The third-order valence-electron chi connectivity index (χ3n) is 6.93. The highest BCUT2D eigenvalue weighted by Crippen LogP contribution is 2.39. The second-order valence-electron chi connectivity index (χ2n) is 9.69. The van der Waals surface area contributed by atoms with E-state index in [9.17, 15) is 9.59 Å². The van der Waals surface area contributed by atoms with Gasteiger partial charge in [0, 0.05) is 49.9 Å². The van der Waals surface area contributed by atoms with Crippen molar-refractivity contribution in [3.63, 3.8) is 0 Å². The number of carbonyl (C=O) groups is 2. The van der Waals surface area contributed by atoms with Gasteiger partial charge < -0.3 is 30.6 Å². The highest BCUT2D eigenvalue weighted by molar-refractivity contribution is 6.06. The third kappa shape index (κ3) is 5.77. The Morgan fingerprint density at radius 3 is 2.46 bits per heavy atom. The smallest absolute Gasteiger partial charge is 0.277 e. The second kappa shape index (κ2) is 11.0. The van der Waals surface area contributed by atoms with Gasteiger partial charge in [-0.2, -0.15) is 0 Å². The van der Waals surface area contributed by atoms with Crippen LogP contribution in [0, 0.1) is 6.92 Å². The number of oxazole rings is 1. The zero-order valence-electron chi connectivity index (χ0n) is 21.2. The summed E-state index contributed by atoms with van der Waals surface area (Å²) >= 11 is 0. The molecular weight excluding hydrogens is 468 g/mol. The Kier molecular flexibility index (Phi) is 7.41. The Hall–Kier alpha value is -3.85. The maximum Gasteiger partial charge on any atom is 0.277 e. The monoisotopic (exact) mass is 502 g/mol. The zero-order chi connectivity index (χ0) is 25.8. The summed E-state index contributed by atoms with van der Waals surface area (Å²) in [6.45, 7) is 6.43. The van der Waals surface area contributed by atoms with Crippen molar-refractivity contribution in [2.75, 3.05) is 54.4 Å². The number of nitrogens with one attached hydrogen (secondary N) is 2. The lowest BCUT2D eigenvalue weighted by Crippen LogP contribution is -2.47. The van der Waals surface area contributed by atoms with E-state index < -0.39 is 0 Å². The lowest BCUT2D eigenvalue weighted by Gasteiger charge is -2.38. The van der Waals surface area contributed by atoms with Crippen molar-refractivity contribution < 1.29 is 14.0 Å². The van der Waals surface area contributed by atoms with Gasteiger partial charge in [-0.05, 0) is 62.6 Å². The SMILES string of the molecule is Cc1ccccc1N1CCN(c2ccc(C(=O)NCCCN)cc2NC(=O)c2coc(C3CC3)n2)CC1. The molecule has 194 valence electrons. The van der Waals surface area contributed by atoms with Crippen molar-refractivity contribution in [1.82, 2.24) is 10.3 Å².